The molecule has 0 aliphatic carbocycles. The van der Waals surface area contributed by atoms with Gasteiger partial charge >= 0.3 is 0 Å². The molecule has 64 valence electrons. The Labute approximate surface area is 72.9 Å². The van der Waals surface area contributed by atoms with Crippen LogP contribution >= 0.6 is 11.8 Å². The SMILES string of the molecule is CCCCN=C1NC(C)CS1. The monoisotopic (exact) mass is 172 g/mol. The minimum Gasteiger partial charge on any atom is -0.362 e. The van der Waals surface area contributed by atoms with Crippen molar-refractivity contribution in [1.29, 1.82) is 0 Å². The van der Waals surface area contributed by atoms with Gasteiger partial charge < -0.3 is 5.32 Å². The standard InChI is InChI=1S/C8H16N2S/c1-3-4-5-9-8-10-7(2)6-11-8/h7H,3-6H2,1-2H3,(H,9,10). The summed E-state index contributed by atoms with van der Waals surface area (Å²) < 4.78 is 0. The maximum absolute atomic E-state index is 4.43. The quantitative estimate of drug-likeness (QED) is 0.657. The van der Waals surface area contributed by atoms with E-state index in [0.29, 0.717) is 6.04 Å². The molecule has 0 saturated carbocycles. The van der Waals surface area contributed by atoms with Crippen LogP contribution in [0.3, 0.4) is 0 Å². The van der Waals surface area contributed by atoms with Gasteiger partial charge in [-0.2, -0.15) is 0 Å². The molecule has 1 fully saturated rings. The number of nitrogens with zero attached hydrogens (tertiary/aromatic N) is 1. The summed E-state index contributed by atoms with van der Waals surface area (Å²) in [7, 11) is 0. The van der Waals surface area contributed by atoms with Gasteiger partial charge in [0.1, 0.15) is 0 Å². The molecule has 0 bridgehead atoms. The molecule has 1 aliphatic heterocycles. The molecular formula is C8H16N2S. The Bertz CT molecular complexity index is 145. The van der Waals surface area contributed by atoms with E-state index in [4.69, 9.17) is 0 Å². The molecule has 1 atom stereocenters. The number of hydrogen-bond acceptors (Lipinski definition) is 2. The molecule has 1 N–H and O–H groups in total. The molecule has 2 nitrogen and oxygen atoms in total. The molecule has 0 aromatic rings. The Morgan fingerprint density at radius 2 is 2.55 bits per heavy atom. The minimum atomic E-state index is 0.611. The first kappa shape index (κ1) is 8.91. The van der Waals surface area contributed by atoms with Crippen LogP contribution in [0.5, 0.6) is 0 Å². The summed E-state index contributed by atoms with van der Waals surface area (Å²) in [6.07, 6.45) is 2.44. The van der Waals surface area contributed by atoms with Crippen molar-refractivity contribution >= 4 is 16.9 Å². The number of unbranched alkanes of at least 4 members (excludes halogenated alkanes) is 1. The lowest BCUT2D eigenvalue weighted by Gasteiger charge is -1.99. The van der Waals surface area contributed by atoms with E-state index in [1.165, 1.54) is 18.6 Å². The van der Waals surface area contributed by atoms with Gasteiger partial charge in [0.05, 0.1) is 0 Å². The topological polar surface area (TPSA) is 24.4 Å². The smallest absolute Gasteiger partial charge is 0.156 e. The van der Waals surface area contributed by atoms with Gasteiger partial charge in [-0.1, -0.05) is 25.1 Å². The van der Waals surface area contributed by atoms with Crippen LogP contribution < -0.4 is 5.32 Å². The van der Waals surface area contributed by atoms with Gasteiger partial charge in [-0.05, 0) is 13.3 Å². The van der Waals surface area contributed by atoms with Crippen LogP contribution in [0.25, 0.3) is 0 Å². The molecule has 0 radical (unpaired) electrons. The molecule has 3 heteroatoms. The summed E-state index contributed by atoms with van der Waals surface area (Å²) in [6, 6.07) is 0.611. The second-order valence-electron chi connectivity index (χ2n) is 2.90. The molecule has 0 spiro atoms. The van der Waals surface area contributed by atoms with E-state index in [9.17, 15) is 0 Å². The van der Waals surface area contributed by atoms with Gasteiger partial charge in [-0.3, -0.25) is 4.99 Å². The van der Waals surface area contributed by atoms with Gasteiger partial charge in [0.15, 0.2) is 5.17 Å². The summed E-state index contributed by atoms with van der Waals surface area (Å²) in [6.45, 7) is 5.37. The van der Waals surface area contributed by atoms with E-state index in [0.717, 1.165) is 11.7 Å². The van der Waals surface area contributed by atoms with Crippen LogP contribution in [0, 0.1) is 0 Å². The molecule has 0 aromatic heterocycles. The van der Waals surface area contributed by atoms with E-state index in [-0.39, 0.29) is 0 Å². The first-order valence-corrected chi connectivity index (χ1v) is 5.25. The number of nitrogens with one attached hydrogen (secondary N) is 1. The molecule has 0 aromatic carbocycles. The largest absolute Gasteiger partial charge is 0.362 e. The van der Waals surface area contributed by atoms with E-state index in [2.05, 4.69) is 24.2 Å². The zero-order valence-corrected chi connectivity index (χ0v) is 8.08. The van der Waals surface area contributed by atoms with Gasteiger partial charge in [0, 0.05) is 18.3 Å². The molecular weight excluding hydrogens is 156 g/mol. The lowest BCUT2D eigenvalue weighted by molar-refractivity contribution is 0.756. The third-order valence-electron chi connectivity index (χ3n) is 1.61. The highest BCUT2D eigenvalue weighted by Crippen LogP contribution is 2.12. The fraction of sp³-hybridized carbons (Fsp3) is 0.875. The van der Waals surface area contributed by atoms with E-state index >= 15 is 0 Å². The predicted molar refractivity (Wildman–Crippen MR) is 52.3 cm³/mol. The average Bonchev–Trinajstić information content (AvgIpc) is 2.37. The van der Waals surface area contributed by atoms with Crippen molar-refractivity contribution < 1.29 is 0 Å². The van der Waals surface area contributed by atoms with E-state index in [1.54, 1.807) is 0 Å². The number of thioether (sulfide) groups is 1. The second kappa shape index (κ2) is 4.65. The van der Waals surface area contributed by atoms with Crippen molar-refractivity contribution in [3.63, 3.8) is 0 Å². The summed E-state index contributed by atoms with van der Waals surface area (Å²) in [5.74, 6) is 1.17. The van der Waals surface area contributed by atoms with Crippen LogP contribution in [0.15, 0.2) is 4.99 Å². The van der Waals surface area contributed by atoms with Crippen molar-refractivity contribution in [2.45, 2.75) is 32.7 Å². The highest BCUT2D eigenvalue weighted by Gasteiger charge is 2.14. The van der Waals surface area contributed by atoms with Crippen LogP contribution in [0.1, 0.15) is 26.7 Å². The lowest BCUT2D eigenvalue weighted by atomic mass is 10.3. The first-order valence-electron chi connectivity index (χ1n) is 4.26. The third-order valence-corrected chi connectivity index (χ3v) is 2.79. The van der Waals surface area contributed by atoms with Crippen LogP contribution in [0.2, 0.25) is 0 Å². The summed E-state index contributed by atoms with van der Waals surface area (Å²) in [5.41, 5.74) is 0. The molecule has 11 heavy (non-hydrogen) atoms. The minimum absolute atomic E-state index is 0.611. The summed E-state index contributed by atoms with van der Waals surface area (Å²) in [5, 5.41) is 4.47. The summed E-state index contributed by atoms with van der Waals surface area (Å²) >= 11 is 1.84. The van der Waals surface area contributed by atoms with Crippen molar-refractivity contribution in [2.75, 3.05) is 12.3 Å². The number of rotatable bonds is 3. The zero-order valence-electron chi connectivity index (χ0n) is 7.26. The maximum atomic E-state index is 4.43. The molecule has 1 saturated heterocycles. The normalized spacial score (nSPS) is 27.5. The van der Waals surface area contributed by atoms with Gasteiger partial charge in [-0.25, -0.2) is 0 Å². The van der Waals surface area contributed by atoms with E-state index < -0.39 is 0 Å². The molecule has 1 rings (SSSR count). The fourth-order valence-corrected chi connectivity index (χ4v) is 1.89. The number of aliphatic imine (C=N–C) groups is 1. The average molecular weight is 172 g/mol. The van der Waals surface area contributed by atoms with Gasteiger partial charge in [0.2, 0.25) is 0 Å². The highest BCUT2D eigenvalue weighted by molar-refractivity contribution is 8.14. The number of hydrogen-bond donors (Lipinski definition) is 1. The Hall–Kier alpha value is -0.180. The molecule has 1 unspecified atom stereocenters. The molecule has 1 heterocycles. The van der Waals surface area contributed by atoms with Crippen molar-refractivity contribution in [1.82, 2.24) is 5.32 Å². The van der Waals surface area contributed by atoms with Crippen LogP contribution in [-0.2, 0) is 0 Å². The predicted octanol–water partition coefficient (Wildman–Crippen LogP) is 1.87. The highest BCUT2D eigenvalue weighted by atomic mass is 32.2. The molecule has 1 aliphatic rings. The number of amidine groups is 1. The lowest BCUT2D eigenvalue weighted by Crippen LogP contribution is -2.23. The van der Waals surface area contributed by atoms with Crippen molar-refractivity contribution in [3.8, 4) is 0 Å². The zero-order chi connectivity index (χ0) is 8.10. The Morgan fingerprint density at radius 3 is 3.09 bits per heavy atom. The summed E-state index contributed by atoms with van der Waals surface area (Å²) in [4.78, 5) is 4.43. The third kappa shape index (κ3) is 3.14. The Morgan fingerprint density at radius 1 is 1.73 bits per heavy atom. The Balaban J connectivity index is 2.19. The van der Waals surface area contributed by atoms with Gasteiger partial charge in [-0.15, -0.1) is 0 Å². The van der Waals surface area contributed by atoms with Crippen LogP contribution in [-0.4, -0.2) is 23.5 Å². The first-order chi connectivity index (χ1) is 5.33. The molecule has 0 amide bonds. The maximum Gasteiger partial charge on any atom is 0.156 e. The van der Waals surface area contributed by atoms with E-state index in [1.807, 2.05) is 11.8 Å². The van der Waals surface area contributed by atoms with Crippen molar-refractivity contribution in [2.24, 2.45) is 4.99 Å². The van der Waals surface area contributed by atoms with Gasteiger partial charge in [0.25, 0.3) is 0 Å². The fourth-order valence-electron chi connectivity index (χ4n) is 0.928. The second-order valence-corrected chi connectivity index (χ2v) is 3.91. The van der Waals surface area contributed by atoms with Crippen LogP contribution in [0.4, 0.5) is 0 Å². The van der Waals surface area contributed by atoms with Crippen molar-refractivity contribution in [3.05, 3.63) is 0 Å². The Kier molecular flexibility index (Phi) is 3.77.